The van der Waals surface area contributed by atoms with E-state index >= 15 is 0 Å². The fourth-order valence-corrected chi connectivity index (χ4v) is 1.90. The summed E-state index contributed by atoms with van der Waals surface area (Å²) in [6.07, 6.45) is 4.88. The summed E-state index contributed by atoms with van der Waals surface area (Å²) >= 11 is 0. The standard InChI is InChI=1S/C16H25NO2/c1-3-4-6-14-7-9-15(10-8-14)13-16(18)17-11-5-12-19-2/h7-10H,3-6,11-13H2,1-2H3,(H,17,18). The highest BCUT2D eigenvalue weighted by Crippen LogP contribution is 2.08. The molecule has 0 aliphatic carbocycles. The van der Waals surface area contributed by atoms with Crippen LogP contribution in [0.15, 0.2) is 24.3 Å². The number of hydrogen-bond acceptors (Lipinski definition) is 2. The van der Waals surface area contributed by atoms with Crippen LogP contribution in [0.1, 0.15) is 37.3 Å². The molecule has 0 saturated heterocycles. The van der Waals surface area contributed by atoms with Crippen molar-refractivity contribution in [3.63, 3.8) is 0 Å². The zero-order valence-electron chi connectivity index (χ0n) is 12.1. The molecule has 1 N–H and O–H groups in total. The number of hydrogen-bond donors (Lipinski definition) is 1. The van der Waals surface area contributed by atoms with Crippen LogP contribution in [0.2, 0.25) is 0 Å². The summed E-state index contributed by atoms with van der Waals surface area (Å²) < 4.78 is 4.94. The van der Waals surface area contributed by atoms with Crippen LogP contribution in [0.3, 0.4) is 0 Å². The molecule has 1 aromatic carbocycles. The first-order valence-electron chi connectivity index (χ1n) is 7.09. The Hall–Kier alpha value is -1.35. The number of ether oxygens (including phenoxy) is 1. The molecule has 106 valence electrons. The average molecular weight is 263 g/mol. The van der Waals surface area contributed by atoms with Crippen LogP contribution in [0.5, 0.6) is 0 Å². The lowest BCUT2D eigenvalue weighted by molar-refractivity contribution is -0.120. The second kappa shape index (κ2) is 9.56. The molecule has 0 aromatic heterocycles. The molecule has 0 spiro atoms. The van der Waals surface area contributed by atoms with Gasteiger partial charge in [-0.25, -0.2) is 0 Å². The molecule has 1 aromatic rings. The molecule has 0 heterocycles. The predicted molar refractivity (Wildman–Crippen MR) is 78.3 cm³/mol. The number of carbonyl (C=O) groups is 1. The molecule has 19 heavy (non-hydrogen) atoms. The van der Waals surface area contributed by atoms with Crippen LogP contribution in [-0.2, 0) is 22.4 Å². The van der Waals surface area contributed by atoms with Gasteiger partial charge < -0.3 is 10.1 Å². The highest BCUT2D eigenvalue weighted by atomic mass is 16.5. The van der Waals surface area contributed by atoms with Crippen molar-refractivity contribution >= 4 is 5.91 Å². The summed E-state index contributed by atoms with van der Waals surface area (Å²) in [5.41, 5.74) is 2.43. The van der Waals surface area contributed by atoms with Gasteiger partial charge in [0, 0.05) is 20.3 Å². The first kappa shape index (κ1) is 15.7. The van der Waals surface area contributed by atoms with E-state index in [2.05, 4.69) is 36.5 Å². The molecule has 0 fully saturated rings. The Bertz CT molecular complexity index is 360. The van der Waals surface area contributed by atoms with Crippen molar-refractivity contribution in [2.24, 2.45) is 0 Å². The Labute approximate surface area is 116 Å². The number of benzene rings is 1. The first-order chi connectivity index (χ1) is 9.26. The van der Waals surface area contributed by atoms with Gasteiger partial charge >= 0.3 is 0 Å². The Kier molecular flexibility index (Phi) is 7.91. The zero-order chi connectivity index (χ0) is 13.9. The summed E-state index contributed by atoms with van der Waals surface area (Å²) in [6, 6.07) is 8.37. The van der Waals surface area contributed by atoms with Gasteiger partial charge in [0.25, 0.3) is 0 Å². The lowest BCUT2D eigenvalue weighted by Gasteiger charge is -2.06. The number of aryl methyl sites for hydroxylation is 1. The van der Waals surface area contributed by atoms with Gasteiger partial charge in [-0.15, -0.1) is 0 Å². The lowest BCUT2D eigenvalue weighted by Crippen LogP contribution is -2.26. The summed E-state index contributed by atoms with van der Waals surface area (Å²) in [5.74, 6) is 0.0809. The van der Waals surface area contributed by atoms with Crippen molar-refractivity contribution < 1.29 is 9.53 Å². The van der Waals surface area contributed by atoms with Crippen molar-refractivity contribution in [3.8, 4) is 0 Å². The maximum Gasteiger partial charge on any atom is 0.224 e. The Balaban J connectivity index is 2.29. The molecule has 3 heteroatoms. The monoisotopic (exact) mass is 263 g/mol. The summed E-state index contributed by atoms with van der Waals surface area (Å²) in [6.45, 7) is 3.57. The van der Waals surface area contributed by atoms with E-state index in [-0.39, 0.29) is 5.91 Å². The van der Waals surface area contributed by atoms with Crippen LogP contribution >= 0.6 is 0 Å². The van der Waals surface area contributed by atoms with Gasteiger partial charge in [0.2, 0.25) is 5.91 Å². The summed E-state index contributed by atoms with van der Waals surface area (Å²) in [5, 5.41) is 2.90. The van der Waals surface area contributed by atoms with Crippen molar-refractivity contribution in [1.29, 1.82) is 0 Å². The van der Waals surface area contributed by atoms with Crippen LogP contribution in [0.25, 0.3) is 0 Å². The Morgan fingerprint density at radius 1 is 1.16 bits per heavy atom. The molecule has 0 atom stereocenters. The number of carbonyl (C=O) groups excluding carboxylic acids is 1. The normalized spacial score (nSPS) is 10.4. The van der Waals surface area contributed by atoms with Gasteiger partial charge in [-0.2, -0.15) is 0 Å². The van der Waals surface area contributed by atoms with E-state index in [9.17, 15) is 4.79 Å². The van der Waals surface area contributed by atoms with E-state index in [1.165, 1.54) is 18.4 Å². The molecule has 0 bridgehead atoms. The third-order valence-corrected chi connectivity index (χ3v) is 3.05. The Morgan fingerprint density at radius 3 is 2.47 bits per heavy atom. The largest absolute Gasteiger partial charge is 0.385 e. The molecular formula is C16H25NO2. The molecule has 0 aliphatic heterocycles. The molecule has 0 unspecified atom stereocenters. The van der Waals surface area contributed by atoms with Crippen LogP contribution in [0.4, 0.5) is 0 Å². The zero-order valence-corrected chi connectivity index (χ0v) is 12.1. The van der Waals surface area contributed by atoms with Gasteiger partial charge in [-0.3, -0.25) is 4.79 Å². The number of rotatable bonds is 9. The first-order valence-corrected chi connectivity index (χ1v) is 7.09. The molecule has 3 nitrogen and oxygen atoms in total. The molecule has 1 rings (SSSR count). The molecular weight excluding hydrogens is 238 g/mol. The Morgan fingerprint density at radius 2 is 1.84 bits per heavy atom. The fourth-order valence-electron chi connectivity index (χ4n) is 1.90. The highest BCUT2D eigenvalue weighted by Gasteiger charge is 2.02. The van der Waals surface area contributed by atoms with Crippen molar-refractivity contribution in [2.45, 2.75) is 39.0 Å². The van der Waals surface area contributed by atoms with E-state index < -0.39 is 0 Å². The number of nitrogens with one attached hydrogen (secondary N) is 1. The topological polar surface area (TPSA) is 38.3 Å². The number of amides is 1. The van der Waals surface area contributed by atoms with E-state index in [1.807, 2.05) is 0 Å². The maximum atomic E-state index is 11.7. The molecule has 0 saturated carbocycles. The third kappa shape index (κ3) is 6.97. The highest BCUT2D eigenvalue weighted by molar-refractivity contribution is 5.78. The summed E-state index contributed by atoms with van der Waals surface area (Å²) in [4.78, 5) is 11.7. The van der Waals surface area contributed by atoms with Crippen molar-refractivity contribution in [3.05, 3.63) is 35.4 Å². The van der Waals surface area contributed by atoms with Crippen LogP contribution in [-0.4, -0.2) is 26.2 Å². The number of methoxy groups -OCH3 is 1. The molecule has 0 radical (unpaired) electrons. The second-order valence-electron chi connectivity index (χ2n) is 4.79. The van der Waals surface area contributed by atoms with Gasteiger partial charge in [-0.05, 0) is 30.4 Å². The average Bonchev–Trinajstić information content (AvgIpc) is 2.43. The predicted octanol–water partition coefficient (Wildman–Crippen LogP) is 2.72. The van der Waals surface area contributed by atoms with Gasteiger partial charge in [0.1, 0.15) is 0 Å². The quantitative estimate of drug-likeness (QED) is 0.696. The van der Waals surface area contributed by atoms with E-state index in [1.54, 1.807) is 7.11 Å². The lowest BCUT2D eigenvalue weighted by atomic mass is 10.0. The van der Waals surface area contributed by atoms with Crippen LogP contribution < -0.4 is 5.32 Å². The maximum absolute atomic E-state index is 11.7. The van der Waals surface area contributed by atoms with Crippen molar-refractivity contribution in [2.75, 3.05) is 20.3 Å². The van der Waals surface area contributed by atoms with E-state index in [4.69, 9.17) is 4.74 Å². The smallest absolute Gasteiger partial charge is 0.224 e. The minimum absolute atomic E-state index is 0.0809. The van der Waals surface area contributed by atoms with Gasteiger partial charge in [-0.1, -0.05) is 37.6 Å². The summed E-state index contributed by atoms with van der Waals surface area (Å²) in [7, 11) is 1.67. The third-order valence-electron chi connectivity index (χ3n) is 3.05. The van der Waals surface area contributed by atoms with Crippen molar-refractivity contribution in [1.82, 2.24) is 5.32 Å². The van der Waals surface area contributed by atoms with E-state index in [0.717, 1.165) is 18.4 Å². The van der Waals surface area contributed by atoms with Gasteiger partial charge in [0.05, 0.1) is 6.42 Å². The molecule has 0 aliphatic rings. The van der Waals surface area contributed by atoms with Crippen LogP contribution in [0, 0.1) is 0 Å². The SMILES string of the molecule is CCCCc1ccc(CC(=O)NCCCOC)cc1. The number of unbranched alkanes of at least 4 members (excludes halogenated alkanes) is 1. The minimum atomic E-state index is 0.0809. The van der Waals surface area contributed by atoms with Gasteiger partial charge in [0.15, 0.2) is 0 Å². The van der Waals surface area contributed by atoms with E-state index in [0.29, 0.717) is 19.6 Å². The molecule has 1 amide bonds. The minimum Gasteiger partial charge on any atom is -0.385 e. The second-order valence-corrected chi connectivity index (χ2v) is 4.79. The fraction of sp³-hybridized carbons (Fsp3) is 0.562.